The zero-order valence-corrected chi connectivity index (χ0v) is 11.8. The molecule has 0 aliphatic rings. The Morgan fingerprint density at radius 1 is 1.32 bits per heavy atom. The highest BCUT2D eigenvalue weighted by Gasteiger charge is 2.19. The molecule has 102 valence electrons. The van der Waals surface area contributed by atoms with E-state index in [4.69, 9.17) is 4.42 Å². The molecule has 0 amide bonds. The van der Waals surface area contributed by atoms with Gasteiger partial charge in [-0.2, -0.15) is 0 Å². The molecule has 2 aromatic rings. The molecule has 0 bridgehead atoms. The van der Waals surface area contributed by atoms with Crippen LogP contribution in [-0.4, -0.2) is 14.5 Å². The largest absolute Gasteiger partial charge is 0.443 e. The molecule has 5 nitrogen and oxygen atoms in total. The molecule has 0 aliphatic heterocycles. The number of nitrogens with zero attached hydrogens (tertiary/aromatic N) is 3. The summed E-state index contributed by atoms with van der Waals surface area (Å²) in [5.41, 5.74) is 0.631. The van der Waals surface area contributed by atoms with E-state index in [1.54, 1.807) is 18.6 Å². The maximum atomic E-state index is 11.9. The highest BCUT2D eigenvalue weighted by molar-refractivity contribution is 5.06. The van der Waals surface area contributed by atoms with Crippen molar-refractivity contribution in [3.8, 4) is 0 Å². The van der Waals surface area contributed by atoms with Gasteiger partial charge >= 0.3 is 0 Å². The molecular formula is C14H19N3O2. The van der Waals surface area contributed by atoms with Crippen LogP contribution in [0.2, 0.25) is 0 Å². The minimum atomic E-state index is -0.0828. The Labute approximate surface area is 112 Å². The molecule has 0 radical (unpaired) electrons. The van der Waals surface area contributed by atoms with Gasteiger partial charge in [0.15, 0.2) is 0 Å². The summed E-state index contributed by atoms with van der Waals surface area (Å²) >= 11 is 0. The monoisotopic (exact) mass is 261 g/mol. The van der Waals surface area contributed by atoms with E-state index in [1.165, 1.54) is 4.57 Å². The Bertz CT molecular complexity index is 620. The van der Waals surface area contributed by atoms with E-state index in [-0.39, 0.29) is 11.0 Å². The third-order valence-electron chi connectivity index (χ3n) is 2.90. The highest BCUT2D eigenvalue weighted by atomic mass is 16.4. The molecule has 0 aromatic carbocycles. The molecule has 5 heteroatoms. The molecule has 2 rings (SSSR count). The summed E-state index contributed by atoms with van der Waals surface area (Å²) in [5, 5.41) is 0. The van der Waals surface area contributed by atoms with Crippen LogP contribution in [0.4, 0.5) is 0 Å². The van der Waals surface area contributed by atoms with Crippen LogP contribution in [0.1, 0.15) is 45.0 Å². The second-order valence-corrected chi connectivity index (χ2v) is 5.57. The number of hydrogen-bond donors (Lipinski definition) is 0. The number of aryl methyl sites for hydroxylation is 1. The number of rotatable bonds is 3. The van der Waals surface area contributed by atoms with Crippen molar-refractivity contribution < 1.29 is 4.42 Å². The molecule has 0 N–H and O–H groups in total. The van der Waals surface area contributed by atoms with Gasteiger partial charge in [-0.05, 0) is 6.42 Å². The fourth-order valence-corrected chi connectivity index (χ4v) is 1.65. The van der Waals surface area contributed by atoms with Crippen molar-refractivity contribution in [2.24, 2.45) is 0 Å². The highest BCUT2D eigenvalue weighted by Crippen LogP contribution is 2.22. The van der Waals surface area contributed by atoms with Gasteiger partial charge in [0, 0.05) is 17.2 Å². The van der Waals surface area contributed by atoms with Crippen LogP contribution in [0.15, 0.2) is 27.8 Å². The third-order valence-corrected chi connectivity index (χ3v) is 2.90. The minimum absolute atomic E-state index is 0.0811. The number of aromatic nitrogens is 3. The minimum Gasteiger partial charge on any atom is -0.443 e. The van der Waals surface area contributed by atoms with Crippen molar-refractivity contribution in [1.29, 1.82) is 0 Å². The molecule has 19 heavy (non-hydrogen) atoms. The van der Waals surface area contributed by atoms with Gasteiger partial charge in [-0.3, -0.25) is 9.36 Å². The summed E-state index contributed by atoms with van der Waals surface area (Å²) in [4.78, 5) is 20.3. The first kappa shape index (κ1) is 13.5. The van der Waals surface area contributed by atoms with E-state index >= 15 is 0 Å². The van der Waals surface area contributed by atoms with E-state index in [9.17, 15) is 4.79 Å². The van der Waals surface area contributed by atoms with Crippen LogP contribution in [0.25, 0.3) is 0 Å². The van der Waals surface area contributed by atoms with Crippen LogP contribution in [0, 0.1) is 0 Å². The van der Waals surface area contributed by atoms with Gasteiger partial charge in [-0.25, -0.2) is 9.97 Å². The Kier molecular flexibility index (Phi) is 3.55. The lowest BCUT2D eigenvalue weighted by Gasteiger charge is -2.13. The average molecular weight is 261 g/mol. The number of hydrogen-bond acceptors (Lipinski definition) is 4. The summed E-state index contributed by atoms with van der Waals surface area (Å²) in [7, 11) is 0. The summed E-state index contributed by atoms with van der Waals surface area (Å²) in [6.07, 6.45) is 4.01. The average Bonchev–Trinajstić information content (AvgIpc) is 2.80. The van der Waals surface area contributed by atoms with Gasteiger partial charge in [0.1, 0.15) is 12.3 Å². The van der Waals surface area contributed by atoms with Gasteiger partial charge in [0.2, 0.25) is 5.89 Å². The van der Waals surface area contributed by atoms with Crippen molar-refractivity contribution in [3.63, 3.8) is 0 Å². The Hall–Kier alpha value is -1.91. The fourth-order valence-electron chi connectivity index (χ4n) is 1.65. The molecule has 0 fully saturated rings. The molecule has 2 heterocycles. The Morgan fingerprint density at radius 3 is 2.58 bits per heavy atom. The quantitative estimate of drug-likeness (QED) is 0.849. The Morgan fingerprint density at radius 2 is 2.05 bits per heavy atom. The first-order chi connectivity index (χ1) is 8.90. The van der Waals surface area contributed by atoms with E-state index < -0.39 is 0 Å². The molecular weight excluding hydrogens is 242 g/mol. The van der Waals surface area contributed by atoms with Crippen LogP contribution in [0.3, 0.4) is 0 Å². The smallest absolute Gasteiger partial charge is 0.253 e. The lowest BCUT2D eigenvalue weighted by atomic mass is 9.94. The van der Waals surface area contributed by atoms with Crippen LogP contribution in [-0.2, 0) is 18.4 Å². The fraction of sp³-hybridized carbons (Fsp3) is 0.500. The lowest BCUT2D eigenvalue weighted by Crippen LogP contribution is -2.21. The molecule has 0 saturated carbocycles. The third kappa shape index (κ3) is 3.10. The Balaban J connectivity index is 2.22. The predicted octanol–water partition coefficient (Wildman–Crippen LogP) is 2.14. The zero-order valence-electron chi connectivity index (χ0n) is 11.8. The second kappa shape index (κ2) is 4.99. The zero-order chi connectivity index (χ0) is 14.0. The number of oxazole rings is 1. The molecule has 0 spiro atoms. The van der Waals surface area contributed by atoms with Crippen LogP contribution in [0.5, 0.6) is 0 Å². The van der Waals surface area contributed by atoms with Crippen LogP contribution >= 0.6 is 0 Å². The molecule has 0 aliphatic carbocycles. The van der Waals surface area contributed by atoms with Crippen molar-refractivity contribution in [1.82, 2.24) is 14.5 Å². The van der Waals surface area contributed by atoms with E-state index in [1.807, 2.05) is 6.92 Å². The molecule has 0 unspecified atom stereocenters. The summed E-state index contributed by atoms with van der Waals surface area (Å²) in [5.74, 6) is 1.34. The van der Waals surface area contributed by atoms with Gasteiger partial charge in [0.25, 0.3) is 5.56 Å². The molecule has 2 aromatic heterocycles. The SMILES string of the molecule is CCc1cc(=O)n(Cc2ncc(C(C)(C)C)o2)cn1. The first-order valence-electron chi connectivity index (χ1n) is 6.40. The molecule has 0 saturated heterocycles. The maximum Gasteiger partial charge on any atom is 0.253 e. The van der Waals surface area contributed by atoms with E-state index in [0.29, 0.717) is 12.4 Å². The standard InChI is InChI=1S/C14H19N3O2/c1-5-10-6-13(18)17(9-16-10)8-12-15-7-11(19-12)14(2,3)4/h6-7,9H,5,8H2,1-4H3. The van der Waals surface area contributed by atoms with Crippen molar-refractivity contribution >= 4 is 0 Å². The van der Waals surface area contributed by atoms with Crippen LogP contribution < -0.4 is 5.56 Å². The van der Waals surface area contributed by atoms with Gasteiger partial charge in [-0.1, -0.05) is 27.7 Å². The van der Waals surface area contributed by atoms with Crippen molar-refractivity contribution in [3.05, 3.63) is 46.3 Å². The summed E-state index contributed by atoms with van der Waals surface area (Å²) in [6, 6.07) is 1.55. The van der Waals surface area contributed by atoms with E-state index in [0.717, 1.165) is 17.9 Å². The predicted molar refractivity (Wildman–Crippen MR) is 72.2 cm³/mol. The van der Waals surface area contributed by atoms with Gasteiger partial charge in [-0.15, -0.1) is 0 Å². The molecule has 0 atom stereocenters. The second-order valence-electron chi connectivity index (χ2n) is 5.57. The topological polar surface area (TPSA) is 60.9 Å². The lowest BCUT2D eigenvalue weighted by molar-refractivity contribution is 0.375. The summed E-state index contributed by atoms with van der Waals surface area (Å²) in [6.45, 7) is 8.45. The van der Waals surface area contributed by atoms with Gasteiger partial charge in [0.05, 0.1) is 12.5 Å². The van der Waals surface area contributed by atoms with E-state index in [2.05, 4.69) is 30.7 Å². The normalized spacial score (nSPS) is 11.8. The maximum absolute atomic E-state index is 11.9. The summed E-state index contributed by atoms with van der Waals surface area (Å²) < 4.78 is 7.16. The van der Waals surface area contributed by atoms with Crippen molar-refractivity contribution in [2.45, 2.75) is 46.1 Å². The van der Waals surface area contributed by atoms with Gasteiger partial charge < -0.3 is 4.42 Å². The first-order valence-corrected chi connectivity index (χ1v) is 6.40. The van der Waals surface area contributed by atoms with Crippen molar-refractivity contribution in [2.75, 3.05) is 0 Å².